The first kappa shape index (κ1) is 28.8. The Labute approximate surface area is 257 Å². The molecule has 1 unspecified atom stereocenters. The largest absolute Gasteiger partial charge is 0.455 e. The van der Waals surface area contributed by atoms with Crippen molar-refractivity contribution >= 4 is 38.3 Å². The Morgan fingerprint density at radius 3 is 2.49 bits per heavy atom. The first-order chi connectivity index (χ1) is 21.5. The van der Waals surface area contributed by atoms with Gasteiger partial charge in [-0.25, -0.2) is 17.2 Å². The van der Waals surface area contributed by atoms with Crippen molar-refractivity contribution in [2.45, 2.75) is 19.0 Å². The van der Waals surface area contributed by atoms with E-state index in [0.717, 1.165) is 16.2 Å². The molecule has 7 rings (SSSR count). The number of amides is 1. The Kier molecular flexibility index (Phi) is 6.59. The van der Waals surface area contributed by atoms with E-state index in [0.29, 0.717) is 52.8 Å². The van der Waals surface area contributed by atoms with Gasteiger partial charge in [0.1, 0.15) is 23.0 Å². The summed E-state index contributed by atoms with van der Waals surface area (Å²) in [5.41, 5.74) is 3.68. The maximum atomic E-state index is 14.8. The van der Waals surface area contributed by atoms with E-state index in [1.165, 1.54) is 56.6 Å². The molecule has 45 heavy (non-hydrogen) atoms. The zero-order chi connectivity index (χ0) is 31.8. The highest BCUT2D eigenvalue weighted by molar-refractivity contribution is 7.92. The second-order valence-corrected chi connectivity index (χ2v) is 13.3. The lowest BCUT2D eigenvalue weighted by Crippen LogP contribution is -2.41. The predicted molar refractivity (Wildman–Crippen MR) is 168 cm³/mol. The third kappa shape index (κ3) is 4.59. The first-order valence-electron chi connectivity index (χ1n) is 14.3. The number of halogens is 2. The molecule has 1 amide bonds. The number of sulfonamides is 1. The molecule has 0 saturated carbocycles. The van der Waals surface area contributed by atoms with Gasteiger partial charge < -0.3 is 19.2 Å². The van der Waals surface area contributed by atoms with E-state index in [4.69, 9.17) is 4.42 Å². The first-order valence-corrected chi connectivity index (χ1v) is 16.1. The van der Waals surface area contributed by atoms with Gasteiger partial charge in [0, 0.05) is 79.2 Å². The number of anilines is 2. The number of hydrogen-bond donors (Lipinski definition) is 1. The Hall–Kier alpha value is -4.97. The minimum atomic E-state index is -3.78. The van der Waals surface area contributed by atoms with Crippen molar-refractivity contribution in [3.05, 3.63) is 106 Å². The van der Waals surface area contributed by atoms with Gasteiger partial charge in [-0.1, -0.05) is 6.07 Å². The molecule has 4 heterocycles. The molecule has 1 N–H and O–H groups in total. The summed E-state index contributed by atoms with van der Waals surface area (Å²) in [7, 11) is -0.913. The van der Waals surface area contributed by atoms with Crippen LogP contribution in [0.15, 0.2) is 75.9 Å². The summed E-state index contributed by atoms with van der Waals surface area (Å²) in [4.78, 5) is 28.9. The highest BCUT2D eigenvalue weighted by atomic mass is 32.2. The lowest BCUT2D eigenvalue weighted by Gasteiger charge is -2.35. The number of benzene rings is 3. The van der Waals surface area contributed by atoms with E-state index in [9.17, 15) is 26.8 Å². The van der Waals surface area contributed by atoms with Crippen LogP contribution in [0.3, 0.4) is 0 Å². The predicted octanol–water partition coefficient (Wildman–Crippen LogP) is 5.08. The number of rotatable bonds is 5. The van der Waals surface area contributed by atoms with Crippen LogP contribution in [0.5, 0.6) is 0 Å². The summed E-state index contributed by atoms with van der Waals surface area (Å²) in [6.45, 7) is 0.942. The van der Waals surface area contributed by atoms with Crippen LogP contribution in [0, 0.1) is 11.6 Å². The fraction of sp³-hybridized carbons (Fsp3) is 0.212. The van der Waals surface area contributed by atoms with Crippen LogP contribution in [-0.4, -0.2) is 45.8 Å². The second-order valence-electron chi connectivity index (χ2n) is 11.3. The van der Waals surface area contributed by atoms with Gasteiger partial charge in [-0.3, -0.25) is 13.9 Å². The maximum absolute atomic E-state index is 14.8. The van der Waals surface area contributed by atoms with Gasteiger partial charge in [-0.15, -0.1) is 0 Å². The number of nitrogens with zero attached hydrogens (tertiary/aromatic N) is 3. The van der Waals surface area contributed by atoms with Crippen molar-refractivity contribution in [1.82, 2.24) is 9.88 Å². The fourth-order valence-corrected chi connectivity index (χ4v) is 6.99. The monoisotopic (exact) mass is 630 g/mol. The summed E-state index contributed by atoms with van der Waals surface area (Å²) >= 11 is 0. The molecule has 0 spiro atoms. The standard InChI is InChI=1S/C33H28F2N4O5S/c1-36-33(41)31-23-15-21(26(37(2)45(3,42)43)17-29(23)44-32(31)18-7-9-20(34)10-8-18)19-13-27-28-16-22-24(35)5-4-6-25(22)38(28)11-12-39(27)30(40)14-19/h4-10,13-15,17,28H,11-12,16H2,1-3H3,(H,36,41). The highest BCUT2D eigenvalue weighted by Gasteiger charge is 2.37. The number of aromatic nitrogens is 1. The molecule has 0 aliphatic carbocycles. The Bertz CT molecular complexity index is 2210. The lowest BCUT2D eigenvalue weighted by molar-refractivity contribution is 0.0964. The molecule has 0 fully saturated rings. The molecule has 2 aliphatic heterocycles. The van der Waals surface area contributed by atoms with Crippen LogP contribution in [-0.2, 0) is 23.0 Å². The number of carbonyl (C=O) groups is 1. The number of nitrogens with one attached hydrogen (secondary N) is 1. The Balaban J connectivity index is 1.47. The Morgan fingerprint density at radius 1 is 1.02 bits per heavy atom. The SMILES string of the molecule is CNC(=O)c1c(-c2ccc(F)cc2)oc2cc(N(C)S(C)(=O)=O)c(-c3cc4n(c(=O)c3)CCN3c5cccc(F)c5CC43)cc12. The summed E-state index contributed by atoms with van der Waals surface area (Å²) in [6.07, 6.45) is 1.44. The van der Waals surface area contributed by atoms with E-state index in [1.54, 1.807) is 16.7 Å². The third-order valence-corrected chi connectivity index (χ3v) is 9.95. The number of hydrogen-bond acceptors (Lipinski definition) is 6. The summed E-state index contributed by atoms with van der Waals surface area (Å²) in [5, 5.41) is 3.00. The van der Waals surface area contributed by atoms with E-state index in [-0.39, 0.29) is 40.0 Å². The molecule has 5 aromatic rings. The minimum Gasteiger partial charge on any atom is -0.455 e. The van der Waals surface area contributed by atoms with E-state index in [1.807, 2.05) is 12.1 Å². The maximum Gasteiger partial charge on any atom is 0.255 e. The zero-order valence-corrected chi connectivity index (χ0v) is 25.4. The number of furan rings is 1. The molecule has 2 aliphatic rings. The molecular weight excluding hydrogens is 602 g/mol. The molecule has 1 atom stereocenters. The smallest absolute Gasteiger partial charge is 0.255 e. The van der Waals surface area contributed by atoms with Gasteiger partial charge in [-0.2, -0.15) is 0 Å². The van der Waals surface area contributed by atoms with Crippen molar-refractivity contribution in [2.75, 3.05) is 36.1 Å². The van der Waals surface area contributed by atoms with Gasteiger partial charge in [0.25, 0.3) is 11.5 Å². The van der Waals surface area contributed by atoms with Crippen molar-refractivity contribution < 1.29 is 26.4 Å². The molecular formula is C33H28F2N4O5S. The molecule has 12 heteroatoms. The second kappa shape index (κ2) is 10.3. The average molecular weight is 631 g/mol. The van der Waals surface area contributed by atoms with Gasteiger partial charge in [0.15, 0.2) is 0 Å². The quantitative estimate of drug-likeness (QED) is 0.291. The van der Waals surface area contributed by atoms with E-state index < -0.39 is 21.7 Å². The summed E-state index contributed by atoms with van der Waals surface area (Å²) < 4.78 is 63.1. The van der Waals surface area contributed by atoms with Gasteiger partial charge in [0.05, 0.1) is 23.5 Å². The van der Waals surface area contributed by atoms with Crippen molar-refractivity contribution in [2.24, 2.45) is 0 Å². The molecule has 2 aromatic heterocycles. The zero-order valence-electron chi connectivity index (χ0n) is 24.6. The van der Waals surface area contributed by atoms with Crippen molar-refractivity contribution in [1.29, 1.82) is 0 Å². The van der Waals surface area contributed by atoms with Crippen LogP contribution in [0.25, 0.3) is 33.4 Å². The van der Waals surface area contributed by atoms with Crippen LogP contribution >= 0.6 is 0 Å². The highest BCUT2D eigenvalue weighted by Crippen LogP contribution is 2.45. The Morgan fingerprint density at radius 2 is 1.78 bits per heavy atom. The molecule has 3 aromatic carbocycles. The van der Waals surface area contributed by atoms with Crippen molar-refractivity contribution in [3.8, 4) is 22.5 Å². The summed E-state index contributed by atoms with van der Waals surface area (Å²) in [5.74, 6) is -1.04. The normalized spacial score (nSPS) is 15.5. The number of carbonyl (C=O) groups excluding carboxylic acids is 1. The van der Waals surface area contributed by atoms with Crippen LogP contribution in [0.4, 0.5) is 20.2 Å². The average Bonchev–Trinajstić information content (AvgIpc) is 3.59. The number of fused-ring (bicyclic) bond motifs is 6. The number of pyridine rings is 1. The van der Waals surface area contributed by atoms with Crippen LogP contribution < -0.4 is 20.1 Å². The topological polar surface area (TPSA) is 105 Å². The molecule has 9 nitrogen and oxygen atoms in total. The van der Waals surface area contributed by atoms with Gasteiger partial charge >= 0.3 is 0 Å². The third-order valence-electron chi connectivity index (χ3n) is 8.76. The summed E-state index contributed by atoms with van der Waals surface area (Å²) in [6, 6.07) is 16.6. The molecule has 230 valence electrons. The fourth-order valence-electron chi connectivity index (χ4n) is 6.48. The molecule has 0 saturated heterocycles. The molecule has 0 radical (unpaired) electrons. The molecule has 0 bridgehead atoms. The lowest BCUT2D eigenvalue weighted by atomic mass is 9.96. The van der Waals surface area contributed by atoms with Gasteiger partial charge in [0.2, 0.25) is 10.0 Å². The van der Waals surface area contributed by atoms with E-state index in [2.05, 4.69) is 10.2 Å². The van der Waals surface area contributed by atoms with E-state index >= 15 is 0 Å². The van der Waals surface area contributed by atoms with Crippen molar-refractivity contribution in [3.63, 3.8) is 0 Å². The minimum absolute atomic E-state index is 0.177. The van der Waals surface area contributed by atoms with Gasteiger partial charge in [-0.05, 0) is 54.1 Å². The van der Waals surface area contributed by atoms with Crippen LogP contribution in [0.2, 0.25) is 0 Å². The van der Waals surface area contributed by atoms with Crippen LogP contribution in [0.1, 0.15) is 27.7 Å².